The van der Waals surface area contributed by atoms with Crippen molar-refractivity contribution < 1.29 is 19.1 Å². The zero-order valence-electron chi connectivity index (χ0n) is 20.8. The topological polar surface area (TPSA) is 89.8 Å². The monoisotopic (exact) mass is 469 g/mol. The van der Waals surface area contributed by atoms with Gasteiger partial charge in [0.1, 0.15) is 5.60 Å². The number of esters is 1. The SMILES string of the molecule is COC(=O)c1ccncc1Cc1cn(C2CCN(C3CN(C(=O)OC(C)(C)C)C3)CC2)nc1C. The number of methoxy groups -OCH3 is 1. The van der Waals surface area contributed by atoms with Crippen LogP contribution in [-0.2, 0) is 15.9 Å². The summed E-state index contributed by atoms with van der Waals surface area (Å²) in [5.41, 5.74) is 2.98. The molecule has 0 unspecified atom stereocenters. The fraction of sp³-hybridized carbons (Fsp3) is 0.600. The van der Waals surface area contributed by atoms with Crippen molar-refractivity contribution in [3.05, 3.63) is 47.0 Å². The largest absolute Gasteiger partial charge is 0.465 e. The number of aromatic nitrogens is 3. The molecule has 0 spiro atoms. The van der Waals surface area contributed by atoms with Gasteiger partial charge in [0.15, 0.2) is 0 Å². The van der Waals surface area contributed by atoms with E-state index < -0.39 is 5.60 Å². The van der Waals surface area contributed by atoms with Gasteiger partial charge in [-0.15, -0.1) is 0 Å². The number of rotatable bonds is 5. The Morgan fingerprint density at radius 1 is 1.12 bits per heavy atom. The zero-order valence-corrected chi connectivity index (χ0v) is 20.8. The summed E-state index contributed by atoms with van der Waals surface area (Å²) in [5.74, 6) is -0.351. The average Bonchev–Trinajstić information content (AvgIpc) is 3.12. The van der Waals surface area contributed by atoms with E-state index in [4.69, 9.17) is 14.6 Å². The molecule has 2 aliphatic rings. The van der Waals surface area contributed by atoms with E-state index in [0.717, 1.165) is 55.8 Å². The van der Waals surface area contributed by atoms with Crippen LogP contribution in [0.15, 0.2) is 24.7 Å². The van der Waals surface area contributed by atoms with Crippen LogP contribution in [0.25, 0.3) is 0 Å². The van der Waals surface area contributed by atoms with Crippen LogP contribution in [0.2, 0.25) is 0 Å². The number of likely N-dealkylation sites (tertiary alicyclic amines) is 2. The molecule has 0 bridgehead atoms. The third kappa shape index (κ3) is 5.41. The second-order valence-electron chi connectivity index (χ2n) is 10.2. The maximum atomic E-state index is 12.2. The summed E-state index contributed by atoms with van der Waals surface area (Å²) in [4.78, 5) is 32.7. The van der Waals surface area contributed by atoms with Crippen LogP contribution in [0.4, 0.5) is 4.79 Å². The Balaban J connectivity index is 1.31. The van der Waals surface area contributed by atoms with E-state index in [1.165, 1.54) is 7.11 Å². The minimum Gasteiger partial charge on any atom is -0.465 e. The molecule has 2 saturated heterocycles. The van der Waals surface area contributed by atoms with Gasteiger partial charge in [0.2, 0.25) is 0 Å². The molecule has 2 aliphatic heterocycles. The number of carbonyl (C=O) groups excluding carboxylic acids is 2. The summed E-state index contributed by atoms with van der Waals surface area (Å²) in [5, 5.41) is 4.79. The van der Waals surface area contributed by atoms with Crippen molar-refractivity contribution in [2.45, 2.75) is 64.6 Å². The second-order valence-corrected chi connectivity index (χ2v) is 10.2. The van der Waals surface area contributed by atoms with Crippen LogP contribution in [-0.4, -0.2) is 81.6 Å². The van der Waals surface area contributed by atoms with Crippen LogP contribution in [0.3, 0.4) is 0 Å². The molecule has 34 heavy (non-hydrogen) atoms. The van der Waals surface area contributed by atoms with Gasteiger partial charge in [-0.2, -0.15) is 5.10 Å². The maximum Gasteiger partial charge on any atom is 0.410 e. The lowest BCUT2D eigenvalue weighted by Gasteiger charge is -2.47. The van der Waals surface area contributed by atoms with Gasteiger partial charge in [0, 0.05) is 57.2 Å². The van der Waals surface area contributed by atoms with Crippen molar-refractivity contribution in [2.24, 2.45) is 0 Å². The molecule has 0 radical (unpaired) electrons. The lowest BCUT2D eigenvalue weighted by molar-refractivity contribution is -0.0214. The third-order valence-corrected chi connectivity index (χ3v) is 6.61. The molecule has 184 valence electrons. The van der Waals surface area contributed by atoms with E-state index in [2.05, 4.69) is 20.8 Å². The molecule has 0 atom stereocenters. The first-order chi connectivity index (χ1) is 16.1. The molecule has 9 nitrogen and oxygen atoms in total. The van der Waals surface area contributed by atoms with Gasteiger partial charge in [-0.05, 0) is 57.7 Å². The van der Waals surface area contributed by atoms with E-state index in [9.17, 15) is 9.59 Å². The molecular formula is C25H35N5O4. The Morgan fingerprint density at radius 3 is 2.47 bits per heavy atom. The van der Waals surface area contributed by atoms with Crippen molar-refractivity contribution in [3.63, 3.8) is 0 Å². The molecule has 2 aromatic heterocycles. The molecule has 0 saturated carbocycles. The summed E-state index contributed by atoms with van der Waals surface area (Å²) in [6.07, 6.45) is 7.84. The first-order valence-corrected chi connectivity index (χ1v) is 11.9. The Hall–Kier alpha value is -2.94. The van der Waals surface area contributed by atoms with Crippen molar-refractivity contribution in [2.75, 3.05) is 33.3 Å². The Labute approximate surface area is 201 Å². The number of carbonyl (C=O) groups is 2. The summed E-state index contributed by atoms with van der Waals surface area (Å²) >= 11 is 0. The lowest BCUT2D eigenvalue weighted by atomic mass is 10.00. The smallest absolute Gasteiger partial charge is 0.410 e. The molecule has 4 heterocycles. The molecule has 1 amide bonds. The van der Waals surface area contributed by atoms with E-state index in [-0.39, 0.29) is 12.1 Å². The Kier molecular flexibility index (Phi) is 6.93. The number of pyridine rings is 1. The summed E-state index contributed by atoms with van der Waals surface area (Å²) < 4.78 is 12.5. The first kappa shape index (κ1) is 24.2. The van der Waals surface area contributed by atoms with Crippen molar-refractivity contribution in [1.29, 1.82) is 0 Å². The fourth-order valence-electron chi connectivity index (χ4n) is 4.64. The highest BCUT2D eigenvalue weighted by molar-refractivity contribution is 5.90. The van der Waals surface area contributed by atoms with Crippen LogP contribution >= 0.6 is 0 Å². The molecule has 2 fully saturated rings. The molecule has 4 rings (SSSR count). The van der Waals surface area contributed by atoms with Gasteiger partial charge < -0.3 is 14.4 Å². The third-order valence-electron chi connectivity index (χ3n) is 6.61. The van der Waals surface area contributed by atoms with E-state index in [1.54, 1.807) is 23.4 Å². The lowest BCUT2D eigenvalue weighted by Crippen LogP contribution is -2.62. The number of hydrogen-bond donors (Lipinski definition) is 0. The highest BCUT2D eigenvalue weighted by Gasteiger charge is 2.38. The first-order valence-electron chi connectivity index (χ1n) is 11.9. The summed E-state index contributed by atoms with van der Waals surface area (Å²) in [6.45, 7) is 11.1. The zero-order chi connectivity index (χ0) is 24.5. The van der Waals surface area contributed by atoms with Gasteiger partial charge in [0.05, 0.1) is 24.4 Å². The van der Waals surface area contributed by atoms with Crippen LogP contribution in [0.1, 0.15) is 66.8 Å². The minimum atomic E-state index is -0.459. The van der Waals surface area contributed by atoms with Gasteiger partial charge in [0.25, 0.3) is 0 Å². The van der Waals surface area contributed by atoms with Gasteiger partial charge >= 0.3 is 12.1 Å². The van der Waals surface area contributed by atoms with E-state index in [0.29, 0.717) is 24.1 Å². The van der Waals surface area contributed by atoms with Crippen LogP contribution < -0.4 is 0 Å². The normalized spacial score (nSPS) is 18.0. The molecule has 0 N–H and O–H groups in total. The number of hydrogen-bond acceptors (Lipinski definition) is 7. The van der Waals surface area contributed by atoms with Crippen molar-refractivity contribution in [1.82, 2.24) is 24.6 Å². The standard InChI is InChI=1S/C25H35N5O4/c1-17-19(12-18-13-26-9-6-22(18)23(31)33-5)14-30(27-17)20-7-10-28(11-8-20)21-15-29(16-21)24(32)34-25(2,3)4/h6,9,13-14,20-21H,7-8,10-12,15-16H2,1-5H3. The number of nitrogens with zero attached hydrogens (tertiary/aromatic N) is 5. The molecule has 0 aromatic carbocycles. The Bertz CT molecular complexity index is 1030. The number of piperidine rings is 1. The van der Waals surface area contributed by atoms with Crippen LogP contribution in [0.5, 0.6) is 0 Å². The second kappa shape index (κ2) is 9.74. The van der Waals surface area contributed by atoms with Gasteiger partial charge in [-0.3, -0.25) is 14.6 Å². The summed E-state index contributed by atoms with van der Waals surface area (Å²) in [7, 11) is 1.39. The molecule has 9 heteroatoms. The number of amides is 1. The predicted octanol–water partition coefficient (Wildman–Crippen LogP) is 3.22. The molecule has 0 aliphatic carbocycles. The fourth-order valence-corrected chi connectivity index (χ4v) is 4.64. The predicted molar refractivity (Wildman–Crippen MR) is 127 cm³/mol. The quantitative estimate of drug-likeness (QED) is 0.621. The highest BCUT2D eigenvalue weighted by Crippen LogP contribution is 2.28. The number of aryl methyl sites for hydroxylation is 1. The van der Waals surface area contributed by atoms with Gasteiger partial charge in [-0.25, -0.2) is 9.59 Å². The highest BCUT2D eigenvalue weighted by atomic mass is 16.6. The van der Waals surface area contributed by atoms with E-state index in [1.807, 2.05) is 27.7 Å². The molecular weight excluding hydrogens is 434 g/mol. The Morgan fingerprint density at radius 2 is 1.82 bits per heavy atom. The van der Waals surface area contributed by atoms with Gasteiger partial charge in [-0.1, -0.05) is 0 Å². The summed E-state index contributed by atoms with van der Waals surface area (Å²) in [6, 6.07) is 2.45. The average molecular weight is 470 g/mol. The van der Waals surface area contributed by atoms with Crippen molar-refractivity contribution in [3.8, 4) is 0 Å². The van der Waals surface area contributed by atoms with E-state index >= 15 is 0 Å². The molecule has 2 aromatic rings. The minimum absolute atomic E-state index is 0.220. The van der Waals surface area contributed by atoms with Crippen LogP contribution in [0, 0.1) is 6.92 Å². The number of ether oxygens (including phenoxy) is 2. The van der Waals surface area contributed by atoms with Crippen molar-refractivity contribution >= 4 is 12.1 Å². The maximum absolute atomic E-state index is 12.2.